The van der Waals surface area contributed by atoms with Crippen LogP contribution < -0.4 is 9.47 Å². The van der Waals surface area contributed by atoms with Crippen LogP contribution in [0.4, 0.5) is 0 Å². The Morgan fingerprint density at radius 3 is 1.91 bits per heavy atom. The zero-order valence-electron chi connectivity index (χ0n) is 20.0. The summed E-state index contributed by atoms with van der Waals surface area (Å²) in [7, 11) is 2.07. The van der Waals surface area contributed by atoms with Crippen molar-refractivity contribution in [2.24, 2.45) is 0 Å². The molecular formula is C26H30BO7P. The average Bonchev–Trinajstić information content (AvgIpc) is 3.23. The first-order valence-corrected chi connectivity index (χ1v) is 12.8. The van der Waals surface area contributed by atoms with Gasteiger partial charge in [0.1, 0.15) is 31.1 Å². The molecule has 3 aromatic rings. The Bertz CT molecular complexity index is 1060. The number of hydrogen-bond donors (Lipinski definition) is 1. The highest BCUT2D eigenvalue weighted by molar-refractivity contribution is 7.32. The minimum atomic E-state index is -3.11. The van der Waals surface area contributed by atoms with Crippen molar-refractivity contribution in [1.29, 1.82) is 0 Å². The first-order chi connectivity index (χ1) is 17.0. The zero-order chi connectivity index (χ0) is 24.8. The van der Waals surface area contributed by atoms with E-state index < -0.39 is 26.1 Å². The maximum atomic E-state index is 11.4. The summed E-state index contributed by atoms with van der Waals surface area (Å²) in [6, 6.07) is 25.4. The molecule has 184 valence electrons. The lowest BCUT2D eigenvalue weighted by molar-refractivity contribution is -0.0701. The molecule has 1 heterocycles. The molecule has 1 aliphatic rings. The standard InChI is InChI=1S/C26H30BO7P/c1-30-21-12-8-19(9-13-21)26(18-6-4-3-5-7-18,20-10-14-22(31-2)15-11-20)32-17-24-23(34-35(28)29)16-25(27)33-24/h3-15,23-25,35H,16-17,27H2,1-2H3,(H,28,29)/t23?,24-,25-/m1/s1. The lowest BCUT2D eigenvalue weighted by Crippen LogP contribution is -2.38. The van der Waals surface area contributed by atoms with Crippen molar-refractivity contribution in [3.63, 3.8) is 0 Å². The van der Waals surface area contributed by atoms with Gasteiger partial charge in [-0.05, 0) is 47.4 Å². The molecule has 4 atom stereocenters. The van der Waals surface area contributed by atoms with E-state index in [2.05, 4.69) is 0 Å². The number of benzene rings is 3. The fourth-order valence-electron chi connectivity index (χ4n) is 4.60. The Hall–Kier alpha value is -2.61. The van der Waals surface area contributed by atoms with Gasteiger partial charge in [0.15, 0.2) is 0 Å². The summed E-state index contributed by atoms with van der Waals surface area (Å²) < 4.78 is 40.4. The van der Waals surface area contributed by atoms with Gasteiger partial charge in [-0.15, -0.1) is 0 Å². The third-order valence-electron chi connectivity index (χ3n) is 6.28. The first kappa shape index (κ1) is 25.5. The lowest BCUT2D eigenvalue weighted by atomic mass is 9.80. The van der Waals surface area contributed by atoms with Crippen LogP contribution in [0.15, 0.2) is 78.9 Å². The monoisotopic (exact) mass is 496 g/mol. The van der Waals surface area contributed by atoms with Crippen LogP contribution in [0, 0.1) is 0 Å². The van der Waals surface area contributed by atoms with Crippen LogP contribution in [-0.2, 0) is 24.2 Å². The SMILES string of the molecule is B[C@H]1CC(O[PH](=O)O)[C@@H](COC(c2ccccc2)(c2ccc(OC)cc2)c2ccc(OC)cc2)O1. The van der Waals surface area contributed by atoms with Crippen LogP contribution in [0.5, 0.6) is 11.5 Å². The molecule has 0 aliphatic carbocycles. The smallest absolute Gasteiger partial charge is 0.316 e. The van der Waals surface area contributed by atoms with Crippen molar-refractivity contribution >= 4 is 16.1 Å². The molecule has 9 heteroatoms. The molecule has 0 aromatic heterocycles. The van der Waals surface area contributed by atoms with Crippen molar-refractivity contribution in [2.75, 3.05) is 20.8 Å². The predicted octanol–water partition coefficient (Wildman–Crippen LogP) is 3.53. The minimum absolute atomic E-state index is 0.108. The normalized spacial score (nSPS) is 20.9. The topological polar surface area (TPSA) is 83.5 Å². The number of hydrogen-bond acceptors (Lipinski definition) is 6. The molecule has 3 aromatic carbocycles. The third kappa shape index (κ3) is 5.63. The van der Waals surface area contributed by atoms with Crippen molar-refractivity contribution in [2.45, 2.75) is 30.2 Å². The molecule has 2 unspecified atom stereocenters. The molecule has 4 rings (SSSR count). The van der Waals surface area contributed by atoms with Gasteiger partial charge in [0.25, 0.3) is 0 Å². The van der Waals surface area contributed by atoms with E-state index in [1.54, 1.807) is 14.2 Å². The van der Waals surface area contributed by atoms with Gasteiger partial charge in [-0.1, -0.05) is 54.6 Å². The average molecular weight is 496 g/mol. The molecule has 0 radical (unpaired) electrons. The van der Waals surface area contributed by atoms with Crippen LogP contribution in [-0.4, -0.2) is 51.8 Å². The molecule has 1 aliphatic heterocycles. The fourth-order valence-corrected chi connectivity index (χ4v) is 5.11. The third-order valence-corrected chi connectivity index (χ3v) is 6.78. The van der Waals surface area contributed by atoms with Gasteiger partial charge < -0.3 is 28.4 Å². The summed E-state index contributed by atoms with van der Waals surface area (Å²) in [6.07, 6.45) is -0.499. The minimum Gasteiger partial charge on any atom is -0.497 e. The largest absolute Gasteiger partial charge is 0.497 e. The molecule has 0 spiro atoms. The van der Waals surface area contributed by atoms with Crippen LogP contribution in [0.2, 0.25) is 0 Å². The highest BCUT2D eigenvalue weighted by atomic mass is 31.1. The number of rotatable bonds is 10. The summed E-state index contributed by atoms with van der Waals surface area (Å²) in [5.74, 6) is 1.47. The van der Waals surface area contributed by atoms with Crippen molar-refractivity contribution in [1.82, 2.24) is 0 Å². The quantitative estimate of drug-likeness (QED) is 0.261. The van der Waals surface area contributed by atoms with E-state index in [0.29, 0.717) is 6.42 Å². The van der Waals surface area contributed by atoms with Gasteiger partial charge in [-0.2, -0.15) is 0 Å². The van der Waals surface area contributed by atoms with E-state index in [1.807, 2.05) is 86.7 Å². The maximum absolute atomic E-state index is 11.4. The van der Waals surface area contributed by atoms with Crippen molar-refractivity contribution in [3.8, 4) is 11.5 Å². The van der Waals surface area contributed by atoms with E-state index in [9.17, 15) is 9.46 Å². The molecule has 7 nitrogen and oxygen atoms in total. The van der Waals surface area contributed by atoms with Gasteiger partial charge >= 0.3 is 8.25 Å². The second-order valence-corrected chi connectivity index (χ2v) is 9.23. The molecule has 1 saturated heterocycles. The zero-order valence-corrected chi connectivity index (χ0v) is 21.0. The highest BCUT2D eigenvalue weighted by Gasteiger charge is 2.41. The number of methoxy groups -OCH3 is 2. The lowest BCUT2D eigenvalue weighted by Gasteiger charge is -2.37. The Morgan fingerprint density at radius 2 is 1.43 bits per heavy atom. The van der Waals surface area contributed by atoms with Crippen LogP contribution >= 0.6 is 8.25 Å². The molecule has 0 amide bonds. The Labute approximate surface area is 207 Å². The van der Waals surface area contributed by atoms with E-state index >= 15 is 0 Å². The van der Waals surface area contributed by atoms with Crippen LogP contribution in [0.25, 0.3) is 0 Å². The summed E-state index contributed by atoms with van der Waals surface area (Å²) in [5.41, 5.74) is 1.72. The predicted molar refractivity (Wildman–Crippen MR) is 136 cm³/mol. The van der Waals surface area contributed by atoms with Gasteiger partial charge in [0.05, 0.1) is 26.9 Å². The summed E-state index contributed by atoms with van der Waals surface area (Å²) in [6.45, 7) is 0.150. The molecule has 1 fully saturated rings. The van der Waals surface area contributed by atoms with Crippen molar-refractivity contribution in [3.05, 3.63) is 95.6 Å². The van der Waals surface area contributed by atoms with Crippen LogP contribution in [0.3, 0.4) is 0 Å². The Kier molecular flexibility index (Phi) is 8.32. The first-order valence-electron chi connectivity index (χ1n) is 11.5. The van der Waals surface area contributed by atoms with E-state index in [0.717, 1.165) is 28.2 Å². The molecule has 0 saturated carbocycles. The van der Waals surface area contributed by atoms with E-state index in [1.165, 1.54) is 0 Å². The number of ether oxygens (including phenoxy) is 4. The molecule has 35 heavy (non-hydrogen) atoms. The summed E-state index contributed by atoms with van der Waals surface area (Å²) in [5, 5.41) is 0. The van der Waals surface area contributed by atoms with Gasteiger partial charge in [-0.3, -0.25) is 4.57 Å². The summed E-state index contributed by atoms with van der Waals surface area (Å²) >= 11 is 0. The molecule has 1 N–H and O–H groups in total. The Morgan fingerprint density at radius 1 is 0.914 bits per heavy atom. The highest BCUT2D eigenvalue weighted by Crippen LogP contribution is 2.42. The van der Waals surface area contributed by atoms with Crippen molar-refractivity contribution < 1.29 is 32.9 Å². The summed E-state index contributed by atoms with van der Waals surface area (Å²) in [4.78, 5) is 9.38. The molecular weight excluding hydrogens is 466 g/mol. The van der Waals surface area contributed by atoms with Gasteiger partial charge in [-0.25, -0.2) is 0 Å². The van der Waals surface area contributed by atoms with E-state index in [4.69, 9.17) is 23.5 Å². The second-order valence-electron chi connectivity index (χ2n) is 8.46. The fraction of sp³-hybridized carbons (Fsp3) is 0.308. The van der Waals surface area contributed by atoms with Crippen LogP contribution in [0.1, 0.15) is 23.1 Å². The Balaban J connectivity index is 1.81. The maximum Gasteiger partial charge on any atom is 0.316 e. The van der Waals surface area contributed by atoms with Gasteiger partial charge in [0, 0.05) is 6.00 Å². The second kappa shape index (κ2) is 11.4. The van der Waals surface area contributed by atoms with Gasteiger partial charge in [0.2, 0.25) is 0 Å². The van der Waals surface area contributed by atoms with E-state index in [-0.39, 0.29) is 12.6 Å². The molecule has 0 bridgehead atoms.